The third-order valence-corrected chi connectivity index (χ3v) is 7.25. The molecular weight excluding hydrogens is 440 g/mol. The van der Waals surface area contributed by atoms with E-state index in [1.807, 2.05) is 24.4 Å². The van der Waals surface area contributed by atoms with Crippen molar-refractivity contribution in [2.24, 2.45) is 0 Å². The lowest BCUT2D eigenvalue weighted by atomic mass is 10.0. The number of nitrogens with zero attached hydrogens (tertiary/aromatic N) is 2. The summed E-state index contributed by atoms with van der Waals surface area (Å²) in [5, 5.41) is 5.95. The van der Waals surface area contributed by atoms with E-state index in [1.54, 1.807) is 0 Å². The van der Waals surface area contributed by atoms with Gasteiger partial charge in [0.1, 0.15) is 11.2 Å². The Balaban J connectivity index is 1.34. The van der Waals surface area contributed by atoms with E-state index in [0.717, 1.165) is 49.8 Å². The molecule has 36 heavy (non-hydrogen) atoms. The van der Waals surface area contributed by atoms with Gasteiger partial charge < -0.3 is 8.98 Å². The van der Waals surface area contributed by atoms with Crippen molar-refractivity contribution in [1.82, 2.24) is 9.55 Å². The molecule has 8 aromatic rings. The molecule has 0 saturated heterocycles. The van der Waals surface area contributed by atoms with E-state index in [-0.39, 0.29) is 0 Å². The molecule has 0 atom stereocenters. The minimum atomic E-state index is 0.918. The molecule has 0 amide bonds. The summed E-state index contributed by atoms with van der Waals surface area (Å²) >= 11 is 0. The fraction of sp³-hybridized carbons (Fsp3) is 0. The SMILES string of the molecule is c1ccc2c(c1)ncc1c2c2ccccc2n1-c1ccc(-c2cccc3c2oc2ccccc23)cc1. The zero-order chi connectivity index (χ0) is 23.6. The van der Waals surface area contributed by atoms with Crippen LogP contribution in [0.15, 0.2) is 126 Å². The number of hydrogen-bond acceptors (Lipinski definition) is 2. The van der Waals surface area contributed by atoms with Crippen LogP contribution in [0.2, 0.25) is 0 Å². The summed E-state index contributed by atoms with van der Waals surface area (Å²) in [6.07, 6.45) is 2.00. The average Bonchev–Trinajstić information content (AvgIpc) is 3.49. The molecule has 0 saturated carbocycles. The Morgan fingerprint density at radius 1 is 0.556 bits per heavy atom. The van der Waals surface area contributed by atoms with Crippen molar-refractivity contribution in [2.75, 3.05) is 0 Å². The predicted molar refractivity (Wildman–Crippen MR) is 149 cm³/mol. The van der Waals surface area contributed by atoms with Crippen LogP contribution < -0.4 is 0 Å². The molecular formula is C33H20N2O. The molecule has 0 aliphatic heterocycles. The molecule has 0 aliphatic rings. The molecule has 3 heterocycles. The molecule has 0 bridgehead atoms. The molecule has 0 N–H and O–H groups in total. The number of aromatic nitrogens is 2. The lowest BCUT2D eigenvalue weighted by Crippen LogP contribution is -1.94. The highest BCUT2D eigenvalue weighted by atomic mass is 16.3. The summed E-state index contributed by atoms with van der Waals surface area (Å²) in [4.78, 5) is 4.78. The lowest BCUT2D eigenvalue weighted by Gasteiger charge is -2.10. The molecule has 5 aromatic carbocycles. The smallest absolute Gasteiger partial charge is 0.143 e. The highest BCUT2D eigenvalue weighted by Gasteiger charge is 2.16. The standard InChI is InChI=1S/C33H20N2O/c1-4-13-28-26(9-1)32-27-10-2-5-14-29(27)35(30(32)20-34-28)22-18-16-21(17-19-22)23-11-7-12-25-24-8-3-6-15-31(24)36-33(23)25/h1-20H. The second kappa shape index (κ2) is 7.30. The highest BCUT2D eigenvalue weighted by molar-refractivity contribution is 6.20. The van der Waals surface area contributed by atoms with Gasteiger partial charge >= 0.3 is 0 Å². The number of fused-ring (bicyclic) bond motifs is 8. The number of furan rings is 1. The van der Waals surface area contributed by atoms with Gasteiger partial charge in [-0.15, -0.1) is 0 Å². The first-order valence-electron chi connectivity index (χ1n) is 12.1. The summed E-state index contributed by atoms with van der Waals surface area (Å²) < 4.78 is 8.60. The van der Waals surface area contributed by atoms with Crippen LogP contribution in [-0.2, 0) is 0 Å². The van der Waals surface area contributed by atoms with Crippen LogP contribution in [0, 0.1) is 0 Å². The van der Waals surface area contributed by atoms with Crippen LogP contribution >= 0.6 is 0 Å². The van der Waals surface area contributed by atoms with Gasteiger partial charge in [-0.2, -0.15) is 0 Å². The van der Waals surface area contributed by atoms with E-state index >= 15 is 0 Å². The summed E-state index contributed by atoms with van der Waals surface area (Å²) in [6.45, 7) is 0. The first-order chi connectivity index (χ1) is 17.9. The third-order valence-electron chi connectivity index (χ3n) is 7.25. The third kappa shape index (κ3) is 2.65. The maximum absolute atomic E-state index is 6.28. The van der Waals surface area contributed by atoms with Crippen LogP contribution in [0.5, 0.6) is 0 Å². The Labute approximate surface area is 206 Å². The monoisotopic (exact) mass is 460 g/mol. The topological polar surface area (TPSA) is 31.0 Å². The highest BCUT2D eigenvalue weighted by Crippen LogP contribution is 2.38. The number of benzene rings is 5. The normalized spacial score (nSPS) is 11.9. The molecule has 3 nitrogen and oxygen atoms in total. The second-order valence-electron chi connectivity index (χ2n) is 9.22. The van der Waals surface area contributed by atoms with Crippen LogP contribution in [0.4, 0.5) is 0 Å². The number of hydrogen-bond donors (Lipinski definition) is 0. The largest absolute Gasteiger partial charge is 0.455 e. The molecule has 0 spiro atoms. The van der Waals surface area contributed by atoms with Gasteiger partial charge in [-0.3, -0.25) is 4.98 Å². The van der Waals surface area contributed by atoms with Crippen molar-refractivity contribution < 1.29 is 4.42 Å². The molecule has 3 heteroatoms. The maximum atomic E-state index is 6.28. The Bertz CT molecular complexity index is 2100. The first-order valence-corrected chi connectivity index (χ1v) is 12.1. The van der Waals surface area contributed by atoms with Crippen LogP contribution in [-0.4, -0.2) is 9.55 Å². The quantitative estimate of drug-likeness (QED) is 0.258. The van der Waals surface area contributed by atoms with Gasteiger partial charge in [-0.1, -0.05) is 84.9 Å². The van der Waals surface area contributed by atoms with E-state index in [0.29, 0.717) is 0 Å². The van der Waals surface area contributed by atoms with E-state index in [4.69, 9.17) is 9.40 Å². The van der Waals surface area contributed by atoms with E-state index < -0.39 is 0 Å². The molecule has 0 fully saturated rings. The summed E-state index contributed by atoms with van der Waals surface area (Å²) in [7, 11) is 0. The van der Waals surface area contributed by atoms with Gasteiger partial charge in [-0.25, -0.2) is 0 Å². The predicted octanol–water partition coefficient (Wildman–Crippen LogP) is 8.90. The van der Waals surface area contributed by atoms with Crippen molar-refractivity contribution >= 4 is 54.6 Å². The molecule has 168 valence electrons. The van der Waals surface area contributed by atoms with Crippen LogP contribution in [0.3, 0.4) is 0 Å². The average molecular weight is 461 g/mol. The molecule has 0 radical (unpaired) electrons. The Kier molecular flexibility index (Phi) is 3.94. The van der Waals surface area contributed by atoms with Crippen molar-refractivity contribution in [2.45, 2.75) is 0 Å². The molecule has 0 aliphatic carbocycles. The second-order valence-corrected chi connectivity index (χ2v) is 9.22. The van der Waals surface area contributed by atoms with Gasteiger partial charge in [0.2, 0.25) is 0 Å². The van der Waals surface area contributed by atoms with Gasteiger partial charge in [0, 0.05) is 38.2 Å². The lowest BCUT2D eigenvalue weighted by molar-refractivity contribution is 0.670. The zero-order valence-electron chi connectivity index (χ0n) is 19.3. The number of rotatable bonds is 2. The fourth-order valence-electron chi connectivity index (χ4n) is 5.64. The van der Waals surface area contributed by atoms with E-state index in [9.17, 15) is 0 Å². The van der Waals surface area contributed by atoms with E-state index in [1.165, 1.54) is 21.7 Å². The van der Waals surface area contributed by atoms with E-state index in [2.05, 4.69) is 102 Å². The van der Waals surface area contributed by atoms with Gasteiger partial charge in [0.05, 0.1) is 22.7 Å². The minimum absolute atomic E-state index is 0.918. The summed E-state index contributed by atoms with van der Waals surface area (Å²) in [5.74, 6) is 0. The maximum Gasteiger partial charge on any atom is 0.143 e. The Morgan fingerprint density at radius 3 is 2.17 bits per heavy atom. The van der Waals surface area contributed by atoms with Crippen LogP contribution in [0.25, 0.3) is 71.5 Å². The van der Waals surface area contributed by atoms with Crippen LogP contribution in [0.1, 0.15) is 0 Å². The van der Waals surface area contributed by atoms with Gasteiger partial charge in [-0.05, 0) is 35.9 Å². The van der Waals surface area contributed by atoms with Gasteiger partial charge in [0.25, 0.3) is 0 Å². The molecule has 0 unspecified atom stereocenters. The number of pyridine rings is 1. The first kappa shape index (κ1) is 19.4. The minimum Gasteiger partial charge on any atom is -0.455 e. The zero-order valence-corrected chi connectivity index (χ0v) is 19.3. The van der Waals surface area contributed by atoms with Crippen molar-refractivity contribution in [3.63, 3.8) is 0 Å². The molecule has 3 aromatic heterocycles. The number of para-hydroxylation sites is 4. The van der Waals surface area contributed by atoms with Crippen molar-refractivity contribution in [3.05, 3.63) is 121 Å². The summed E-state index contributed by atoms with van der Waals surface area (Å²) in [5.41, 5.74) is 8.50. The Hall–Kier alpha value is -4.89. The summed E-state index contributed by atoms with van der Waals surface area (Å²) in [6, 6.07) is 40.3. The fourth-order valence-corrected chi connectivity index (χ4v) is 5.64. The van der Waals surface area contributed by atoms with Gasteiger partial charge in [0.15, 0.2) is 0 Å². The van der Waals surface area contributed by atoms with Crippen molar-refractivity contribution in [1.29, 1.82) is 0 Å². The van der Waals surface area contributed by atoms with Crippen molar-refractivity contribution in [3.8, 4) is 16.8 Å². The Morgan fingerprint density at radius 2 is 1.28 bits per heavy atom. The molecule has 8 rings (SSSR count).